The molecule has 0 saturated heterocycles. The molecular weight excluding hydrogens is 296 g/mol. The van der Waals surface area contributed by atoms with Crippen molar-refractivity contribution in [3.05, 3.63) is 29.3 Å². The number of hydrogen-bond donors (Lipinski definition) is 3. The lowest BCUT2D eigenvalue weighted by Crippen LogP contribution is -2.44. The highest BCUT2D eigenvalue weighted by atomic mass is 32.2. The van der Waals surface area contributed by atoms with Crippen LogP contribution in [0.2, 0.25) is 0 Å². The van der Waals surface area contributed by atoms with Crippen LogP contribution in [0, 0.1) is 13.8 Å². The minimum Gasteiger partial charge on any atom is -0.388 e. The van der Waals surface area contributed by atoms with Crippen molar-refractivity contribution in [3.8, 4) is 0 Å². The SMILES string of the molecule is CSCC(C)(O)CNC(C)CC(=O)Nc1cccc(C)c1C. The molecule has 4 nitrogen and oxygen atoms in total. The molecule has 0 spiro atoms. The molecule has 0 aliphatic heterocycles. The third-order valence-electron chi connectivity index (χ3n) is 3.66. The van der Waals surface area contributed by atoms with Crippen molar-refractivity contribution in [1.29, 1.82) is 0 Å². The molecule has 1 aromatic rings. The molecule has 0 saturated carbocycles. The molecule has 0 aliphatic carbocycles. The number of amides is 1. The fourth-order valence-corrected chi connectivity index (χ4v) is 2.92. The van der Waals surface area contributed by atoms with E-state index in [-0.39, 0.29) is 11.9 Å². The second-order valence-corrected chi connectivity index (χ2v) is 7.08. The third kappa shape index (κ3) is 6.38. The first-order valence-electron chi connectivity index (χ1n) is 7.56. The van der Waals surface area contributed by atoms with Crippen molar-refractivity contribution in [3.63, 3.8) is 0 Å². The molecule has 5 heteroatoms. The molecule has 124 valence electrons. The Balaban J connectivity index is 2.46. The fourth-order valence-electron chi connectivity index (χ4n) is 2.19. The number of nitrogens with one attached hydrogen (secondary N) is 2. The summed E-state index contributed by atoms with van der Waals surface area (Å²) in [5, 5.41) is 16.3. The summed E-state index contributed by atoms with van der Waals surface area (Å²) in [6.07, 6.45) is 2.35. The molecule has 1 rings (SSSR count). The summed E-state index contributed by atoms with van der Waals surface area (Å²) >= 11 is 1.61. The predicted molar refractivity (Wildman–Crippen MR) is 95.6 cm³/mol. The molecule has 0 fully saturated rings. The van der Waals surface area contributed by atoms with E-state index in [1.807, 2.05) is 45.2 Å². The molecule has 0 aromatic heterocycles. The van der Waals surface area contributed by atoms with Crippen molar-refractivity contribution in [2.45, 2.75) is 45.8 Å². The Morgan fingerprint density at radius 3 is 2.73 bits per heavy atom. The van der Waals surface area contributed by atoms with Crippen molar-refractivity contribution in [2.24, 2.45) is 0 Å². The first kappa shape index (κ1) is 19.0. The van der Waals surface area contributed by atoms with Crippen molar-refractivity contribution >= 4 is 23.4 Å². The zero-order chi connectivity index (χ0) is 16.8. The molecule has 1 amide bonds. The van der Waals surface area contributed by atoms with Crippen LogP contribution in [0.3, 0.4) is 0 Å². The number of aryl methyl sites for hydroxylation is 1. The van der Waals surface area contributed by atoms with Crippen LogP contribution in [-0.2, 0) is 4.79 Å². The van der Waals surface area contributed by atoms with Gasteiger partial charge >= 0.3 is 0 Å². The van der Waals surface area contributed by atoms with E-state index in [4.69, 9.17) is 0 Å². The molecule has 0 aliphatic rings. The number of anilines is 1. The topological polar surface area (TPSA) is 61.4 Å². The van der Waals surface area contributed by atoms with Crippen LogP contribution in [0.1, 0.15) is 31.4 Å². The summed E-state index contributed by atoms with van der Waals surface area (Å²) in [6, 6.07) is 5.91. The van der Waals surface area contributed by atoms with Gasteiger partial charge in [0.1, 0.15) is 0 Å². The normalized spacial score (nSPS) is 15.2. The lowest BCUT2D eigenvalue weighted by molar-refractivity contribution is -0.116. The zero-order valence-corrected chi connectivity index (χ0v) is 15.0. The summed E-state index contributed by atoms with van der Waals surface area (Å²) < 4.78 is 0. The molecule has 0 heterocycles. The summed E-state index contributed by atoms with van der Waals surface area (Å²) in [4.78, 5) is 12.1. The second-order valence-electron chi connectivity index (χ2n) is 6.21. The summed E-state index contributed by atoms with van der Waals surface area (Å²) in [5.41, 5.74) is 2.38. The zero-order valence-electron chi connectivity index (χ0n) is 14.2. The van der Waals surface area contributed by atoms with Gasteiger partial charge in [-0.05, 0) is 51.1 Å². The van der Waals surface area contributed by atoms with E-state index in [9.17, 15) is 9.90 Å². The van der Waals surface area contributed by atoms with Crippen LogP contribution in [0.15, 0.2) is 18.2 Å². The second kappa shape index (κ2) is 8.56. The Morgan fingerprint density at radius 2 is 2.09 bits per heavy atom. The summed E-state index contributed by atoms with van der Waals surface area (Å²) in [6.45, 7) is 8.28. The third-order valence-corrected chi connectivity index (χ3v) is 4.57. The van der Waals surface area contributed by atoms with Crippen LogP contribution >= 0.6 is 11.8 Å². The number of carbonyl (C=O) groups excluding carboxylic acids is 1. The average molecular weight is 324 g/mol. The van der Waals surface area contributed by atoms with Crippen LogP contribution in [0.5, 0.6) is 0 Å². The van der Waals surface area contributed by atoms with Crippen LogP contribution in [0.25, 0.3) is 0 Å². The van der Waals surface area contributed by atoms with Gasteiger partial charge in [-0.1, -0.05) is 12.1 Å². The maximum Gasteiger partial charge on any atom is 0.225 e. The molecule has 3 N–H and O–H groups in total. The molecule has 2 atom stereocenters. The molecule has 0 bridgehead atoms. The summed E-state index contributed by atoms with van der Waals surface area (Å²) in [7, 11) is 0. The van der Waals surface area contributed by atoms with Crippen LogP contribution < -0.4 is 10.6 Å². The Kier molecular flexibility index (Phi) is 7.39. The van der Waals surface area contributed by atoms with Crippen molar-refractivity contribution in [1.82, 2.24) is 5.32 Å². The van der Waals surface area contributed by atoms with Gasteiger partial charge < -0.3 is 15.7 Å². The van der Waals surface area contributed by atoms with Gasteiger partial charge in [0.05, 0.1) is 5.60 Å². The average Bonchev–Trinajstić information content (AvgIpc) is 2.42. The van der Waals surface area contributed by atoms with Crippen LogP contribution in [0.4, 0.5) is 5.69 Å². The van der Waals surface area contributed by atoms with Gasteiger partial charge in [-0.2, -0.15) is 11.8 Å². The van der Waals surface area contributed by atoms with E-state index in [1.54, 1.807) is 18.7 Å². The number of rotatable bonds is 8. The molecule has 2 unspecified atom stereocenters. The van der Waals surface area contributed by atoms with E-state index in [1.165, 1.54) is 0 Å². The Bertz CT molecular complexity index is 503. The maximum absolute atomic E-state index is 12.1. The highest BCUT2D eigenvalue weighted by molar-refractivity contribution is 7.98. The fraction of sp³-hybridized carbons (Fsp3) is 0.588. The van der Waals surface area contributed by atoms with Gasteiger partial charge in [-0.15, -0.1) is 0 Å². The number of aliphatic hydroxyl groups is 1. The first-order valence-corrected chi connectivity index (χ1v) is 8.95. The van der Waals surface area contributed by atoms with Crippen LogP contribution in [-0.4, -0.2) is 41.2 Å². The standard InChI is InChI=1S/C17H28N2O2S/c1-12-7-6-8-15(14(12)3)19-16(20)9-13(2)18-10-17(4,21)11-22-5/h6-8,13,18,21H,9-11H2,1-5H3,(H,19,20). The van der Waals surface area contributed by atoms with Gasteiger partial charge in [-0.25, -0.2) is 0 Å². The predicted octanol–water partition coefficient (Wildman–Crippen LogP) is 2.72. The highest BCUT2D eigenvalue weighted by Gasteiger charge is 2.20. The van der Waals surface area contributed by atoms with Crippen molar-refractivity contribution in [2.75, 3.05) is 23.9 Å². The number of hydrogen-bond acceptors (Lipinski definition) is 4. The Morgan fingerprint density at radius 1 is 1.41 bits per heavy atom. The van der Waals surface area contributed by atoms with Crippen molar-refractivity contribution < 1.29 is 9.90 Å². The molecule has 22 heavy (non-hydrogen) atoms. The minimum absolute atomic E-state index is 0.0125. The van der Waals surface area contributed by atoms with Gasteiger partial charge in [0.25, 0.3) is 0 Å². The molecule has 1 aromatic carbocycles. The first-order chi connectivity index (χ1) is 10.2. The lowest BCUT2D eigenvalue weighted by Gasteiger charge is -2.25. The van der Waals surface area contributed by atoms with Gasteiger partial charge in [0, 0.05) is 30.4 Å². The number of thioether (sulfide) groups is 1. The van der Waals surface area contributed by atoms with E-state index >= 15 is 0 Å². The quantitative estimate of drug-likeness (QED) is 0.688. The Hall–Kier alpha value is -1.04. The van der Waals surface area contributed by atoms with E-state index in [0.29, 0.717) is 18.7 Å². The monoisotopic (exact) mass is 324 g/mol. The largest absolute Gasteiger partial charge is 0.388 e. The lowest BCUT2D eigenvalue weighted by atomic mass is 10.1. The van der Waals surface area contributed by atoms with E-state index < -0.39 is 5.60 Å². The number of carbonyl (C=O) groups is 1. The van der Waals surface area contributed by atoms with Gasteiger partial charge in [-0.3, -0.25) is 4.79 Å². The number of benzene rings is 1. The Labute approximate surface area is 138 Å². The summed E-state index contributed by atoms with van der Waals surface area (Å²) in [5.74, 6) is 0.653. The minimum atomic E-state index is -0.753. The maximum atomic E-state index is 12.1. The molecular formula is C17H28N2O2S. The highest BCUT2D eigenvalue weighted by Crippen LogP contribution is 2.18. The van der Waals surface area contributed by atoms with E-state index in [2.05, 4.69) is 10.6 Å². The van der Waals surface area contributed by atoms with Gasteiger partial charge in [0.15, 0.2) is 0 Å². The smallest absolute Gasteiger partial charge is 0.225 e. The van der Waals surface area contributed by atoms with E-state index in [0.717, 1.165) is 16.8 Å². The van der Waals surface area contributed by atoms with Gasteiger partial charge in [0.2, 0.25) is 5.91 Å². The molecule has 0 radical (unpaired) electrons.